The van der Waals surface area contributed by atoms with E-state index in [1.807, 2.05) is 12.4 Å². The Bertz CT molecular complexity index is 503. The van der Waals surface area contributed by atoms with Gasteiger partial charge in [0.15, 0.2) is 0 Å². The van der Waals surface area contributed by atoms with Crippen molar-refractivity contribution in [2.75, 3.05) is 11.6 Å². The van der Waals surface area contributed by atoms with Crippen LogP contribution < -0.4 is 5.01 Å². The lowest BCUT2D eigenvalue weighted by Crippen LogP contribution is -2.38. The molecule has 1 fully saturated rings. The molecule has 1 aliphatic rings. The Balaban J connectivity index is 1.97. The summed E-state index contributed by atoms with van der Waals surface area (Å²) in [6.45, 7) is 3.42. The van der Waals surface area contributed by atoms with E-state index in [-0.39, 0.29) is 0 Å². The lowest BCUT2D eigenvalue weighted by Gasteiger charge is -2.27. The molecule has 1 aliphatic heterocycles. The number of rotatable bonds is 3. The minimum atomic E-state index is 0.692. The van der Waals surface area contributed by atoms with Crippen molar-refractivity contribution in [3.63, 3.8) is 0 Å². The first kappa shape index (κ1) is 10.6. The van der Waals surface area contributed by atoms with E-state index in [2.05, 4.69) is 39.8 Å². The summed E-state index contributed by atoms with van der Waals surface area (Å²) >= 11 is 0. The van der Waals surface area contributed by atoms with Crippen molar-refractivity contribution in [3.8, 4) is 0 Å². The second kappa shape index (κ2) is 4.40. The van der Waals surface area contributed by atoms with Gasteiger partial charge >= 0.3 is 0 Å². The van der Waals surface area contributed by atoms with Crippen molar-refractivity contribution < 1.29 is 0 Å². The molecule has 1 atom stereocenters. The fourth-order valence-electron chi connectivity index (χ4n) is 2.88. The second-order valence-electron chi connectivity index (χ2n) is 4.83. The van der Waals surface area contributed by atoms with Gasteiger partial charge in [0, 0.05) is 12.6 Å². The van der Waals surface area contributed by atoms with Crippen LogP contribution in [0.3, 0.4) is 0 Å². The van der Waals surface area contributed by atoms with Crippen molar-refractivity contribution in [1.29, 1.82) is 0 Å². The Morgan fingerprint density at radius 1 is 1.35 bits per heavy atom. The van der Waals surface area contributed by atoms with Crippen molar-refractivity contribution in [3.05, 3.63) is 30.6 Å². The van der Waals surface area contributed by atoms with Crippen LogP contribution in [0.25, 0.3) is 11.0 Å². The third-order valence-corrected chi connectivity index (χ3v) is 3.68. The van der Waals surface area contributed by atoms with Crippen LogP contribution >= 0.6 is 0 Å². The number of imidazole rings is 1. The number of aromatic nitrogens is 2. The molecule has 0 bridgehead atoms. The fourth-order valence-corrected chi connectivity index (χ4v) is 2.88. The molecule has 2 aromatic rings. The Kier molecular flexibility index (Phi) is 2.75. The maximum absolute atomic E-state index is 4.48. The quantitative estimate of drug-likeness (QED) is 0.807. The predicted octanol–water partition coefficient (Wildman–Crippen LogP) is 2.94. The van der Waals surface area contributed by atoms with Gasteiger partial charge in [-0.2, -0.15) is 0 Å². The Morgan fingerprint density at radius 3 is 3.12 bits per heavy atom. The van der Waals surface area contributed by atoms with Gasteiger partial charge in [0.05, 0.1) is 11.0 Å². The third kappa shape index (κ3) is 1.79. The Hall–Kier alpha value is -1.51. The van der Waals surface area contributed by atoms with Crippen LogP contribution in [-0.2, 0) is 0 Å². The highest BCUT2D eigenvalue weighted by Crippen LogP contribution is 2.22. The van der Waals surface area contributed by atoms with Crippen LogP contribution in [-0.4, -0.2) is 22.2 Å². The molecule has 2 heterocycles. The molecule has 0 saturated carbocycles. The lowest BCUT2D eigenvalue weighted by atomic mass is 10.1. The minimum absolute atomic E-state index is 0.692. The molecule has 17 heavy (non-hydrogen) atoms. The lowest BCUT2D eigenvalue weighted by molar-refractivity contribution is 0.512. The minimum Gasteiger partial charge on any atom is -0.308 e. The van der Waals surface area contributed by atoms with Gasteiger partial charge in [-0.05, 0) is 31.4 Å². The Labute approximate surface area is 102 Å². The Morgan fingerprint density at radius 2 is 2.24 bits per heavy atom. The number of hydrogen-bond acceptors (Lipinski definition) is 2. The zero-order valence-electron chi connectivity index (χ0n) is 10.3. The average Bonchev–Trinajstić information content (AvgIpc) is 2.95. The first-order valence-electron chi connectivity index (χ1n) is 6.59. The number of fused-ring (bicyclic) bond motifs is 1. The van der Waals surface area contributed by atoms with Crippen molar-refractivity contribution in [2.45, 2.75) is 38.6 Å². The molecule has 3 nitrogen and oxygen atoms in total. The largest absolute Gasteiger partial charge is 0.308 e. The first-order chi connectivity index (χ1) is 8.40. The molecular weight excluding hydrogens is 210 g/mol. The average molecular weight is 229 g/mol. The van der Waals surface area contributed by atoms with Crippen LogP contribution in [0.1, 0.15) is 32.6 Å². The van der Waals surface area contributed by atoms with Crippen LogP contribution in [0, 0.1) is 0 Å². The van der Waals surface area contributed by atoms with E-state index >= 15 is 0 Å². The standard InChI is InChI=1S/C14H19N3/c1-2-6-12-7-5-10-16(12)17-11-15-13-8-3-4-9-14(13)17/h3-4,8-9,11-12H,2,5-7,10H2,1H3/t12-/m1/s1. The van der Waals surface area contributed by atoms with E-state index < -0.39 is 0 Å². The van der Waals surface area contributed by atoms with Gasteiger partial charge < -0.3 is 5.01 Å². The van der Waals surface area contributed by atoms with Crippen LogP contribution in [0.15, 0.2) is 30.6 Å². The molecule has 1 aromatic heterocycles. The zero-order chi connectivity index (χ0) is 11.7. The third-order valence-electron chi connectivity index (χ3n) is 3.68. The number of benzene rings is 1. The maximum Gasteiger partial charge on any atom is 0.116 e. The fraction of sp³-hybridized carbons (Fsp3) is 0.500. The van der Waals surface area contributed by atoms with Gasteiger partial charge in [-0.25, -0.2) is 9.66 Å². The maximum atomic E-state index is 4.48. The zero-order valence-corrected chi connectivity index (χ0v) is 10.3. The van der Waals surface area contributed by atoms with E-state index in [0.717, 1.165) is 12.1 Å². The molecular formula is C14H19N3. The molecule has 0 aliphatic carbocycles. The second-order valence-corrected chi connectivity index (χ2v) is 4.83. The summed E-state index contributed by atoms with van der Waals surface area (Å²) in [6.07, 6.45) is 7.14. The summed E-state index contributed by atoms with van der Waals surface area (Å²) in [5, 5.41) is 2.48. The number of para-hydroxylation sites is 2. The van der Waals surface area contributed by atoms with Crippen molar-refractivity contribution in [1.82, 2.24) is 9.66 Å². The molecule has 0 spiro atoms. The molecule has 1 aromatic carbocycles. The summed E-state index contributed by atoms with van der Waals surface area (Å²) < 4.78 is 2.25. The number of nitrogens with zero attached hydrogens (tertiary/aromatic N) is 3. The van der Waals surface area contributed by atoms with Gasteiger partial charge in [-0.1, -0.05) is 25.5 Å². The highest BCUT2D eigenvalue weighted by atomic mass is 15.6. The molecule has 0 unspecified atom stereocenters. The SMILES string of the molecule is CCC[C@@H]1CCCN1n1cnc2ccccc21. The molecule has 90 valence electrons. The van der Waals surface area contributed by atoms with Crippen LogP contribution in [0.5, 0.6) is 0 Å². The normalized spacial score (nSPS) is 20.3. The van der Waals surface area contributed by atoms with E-state index in [4.69, 9.17) is 0 Å². The highest BCUT2D eigenvalue weighted by molar-refractivity contribution is 5.75. The van der Waals surface area contributed by atoms with Gasteiger partial charge in [0.25, 0.3) is 0 Å². The van der Waals surface area contributed by atoms with Gasteiger partial charge in [0.1, 0.15) is 6.33 Å². The highest BCUT2D eigenvalue weighted by Gasteiger charge is 2.24. The van der Waals surface area contributed by atoms with Gasteiger partial charge in [0.2, 0.25) is 0 Å². The van der Waals surface area contributed by atoms with Gasteiger partial charge in [-0.3, -0.25) is 0 Å². The molecule has 3 heteroatoms. The molecule has 3 rings (SSSR count). The molecule has 0 radical (unpaired) electrons. The summed E-state index contributed by atoms with van der Waals surface area (Å²) in [7, 11) is 0. The van der Waals surface area contributed by atoms with E-state index in [1.165, 1.54) is 31.2 Å². The summed E-state index contributed by atoms with van der Waals surface area (Å²) in [5.74, 6) is 0. The summed E-state index contributed by atoms with van der Waals surface area (Å²) in [4.78, 5) is 4.48. The first-order valence-corrected chi connectivity index (χ1v) is 6.59. The molecule has 0 N–H and O–H groups in total. The van der Waals surface area contributed by atoms with Crippen LogP contribution in [0.4, 0.5) is 0 Å². The van der Waals surface area contributed by atoms with Crippen molar-refractivity contribution >= 4 is 11.0 Å². The monoisotopic (exact) mass is 229 g/mol. The number of hydrogen-bond donors (Lipinski definition) is 0. The summed E-state index contributed by atoms with van der Waals surface area (Å²) in [5.41, 5.74) is 2.32. The van der Waals surface area contributed by atoms with Crippen LogP contribution in [0.2, 0.25) is 0 Å². The molecule has 1 saturated heterocycles. The predicted molar refractivity (Wildman–Crippen MR) is 70.7 cm³/mol. The van der Waals surface area contributed by atoms with Crippen molar-refractivity contribution in [2.24, 2.45) is 0 Å². The van der Waals surface area contributed by atoms with E-state index in [0.29, 0.717) is 6.04 Å². The topological polar surface area (TPSA) is 21.1 Å². The summed E-state index contributed by atoms with van der Waals surface area (Å²) in [6, 6.07) is 9.07. The van der Waals surface area contributed by atoms with E-state index in [9.17, 15) is 0 Å². The smallest absolute Gasteiger partial charge is 0.116 e. The van der Waals surface area contributed by atoms with Gasteiger partial charge in [-0.15, -0.1) is 0 Å². The molecule has 0 amide bonds. The van der Waals surface area contributed by atoms with E-state index in [1.54, 1.807) is 0 Å².